The molecule has 1 heterocycles. The molecule has 2 N–H and O–H groups in total. The van der Waals surface area contributed by atoms with Crippen molar-refractivity contribution < 1.29 is 8.81 Å². The maximum atomic E-state index is 12.7. The quantitative estimate of drug-likeness (QED) is 0.704. The number of halogens is 1. The predicted octanol–water partition coefficient (Wildman–Crippen LogP) is 1.60. The smallest absolute Gasteiger partial charge is 0.255 e. The molecule has 13 heavy (non-hydrogen) atoms. The molecule has 5 heteroatoms. The molecule has 0 saturated carbocycles. The Morgan fingerprint density at radius 2 is 2.31 bits per heavy atom. The number of fused-ring (bicyclic) bond motifs is 1. The first-order valence-electron chi connectivity index (χ1n) is 3.53. The highest BCUT2D eigenvalue weighted by atomic mass is 32.1. The van der Waals surface area contributed by atoms with Crippen molar-refractivity contribution in [3.63, 3.8) is 0 Å². The Kier molecular flexibility index (Phi) is 1.73. The van der Waals surface area contributed by atoms with Crippen LogP contribution in [0.1, 0.15) is 5.89 Å². The molecule has 0 spiro atoms. The molecule has 0 unspecified atom stereocenters. The number of hydrogen-bond donors (Lipinski definition) is 1. The van der Waals surface area contributed by atoms with Crippen molar-refractivity contribution in [3.8, 4) is 0 Å². The van der Waals surface area contributed by atoms with E-state index in [0.29, 0.717) is 11.1 Å². The summed E-state index contributed by atoms with van der Waals surface area (Å²) >= 11 is 4.66. The first kappa shape index (κ1) is 8.12. The number of nitrogens with zero attached hydrogens (tertiary/aromatic N) is 1. The van der Waals surface area contributed by atoms with Crippen LogP contribution in [0.3, 0.4) is 0 Å². The van der Waals surface area contributed by atoms with Crippen molar-refractivity contribution in [2.75, 3.05) is 0 Å². The summed E-state index contributed by atoms with van der Waals surface area (Å²) in [7, 11) is 0. The number of hydrogen-bond acceptors (Lipinski definition) is 3. The fourth-order valence-electron chi connectivity index (χ4n) is 1.00. The van der Waals surface area contributed by atoms with E-state index in [2.05, 4.69) is 17.2 Å². The highest BCUT2D eigenvalue weighted by Gasteiger charge is 2.07. The molecule has 0 fully saturated rings. The van der Waals surface area contributed by atoms with Crippen LogP contribution in [0, 0.1) is 5.82 Å². The van der Waals surface area contributed by atoms with E-state index >= 15 is 0 Å². The van der Waals surface area contributed by atoms with Crippen molar-refractivity contribution in [3.05, 3.63) is 29.9 Å². The lowest BCUT2D eigenvalue weighted by atomic mass is 10.3. The molecule has 0 amide bonds. The molecule has 0 radical (unpaired) electrons. The first-order valence-corrected chi connectivity index (χ1v) is 3.93. The van der Waals surface area contributed by atoms with Crippen molar-refractivity contribution in [2.24, 2.45) is 5.73 Å². The average molecular weight is 196 g/mol. The molecule has 0 aliphatic carbocycles. The fourth-order valence-corrected chi connectivity index (χ4v) is 1.09. The minimum absolute atomic E-state index is 0.0663. The van der Waals surface area contributed by atoms with Crippen molar-refractivity contribution in [1.29, 1.82) is 0 Å². The lowest BCUT2D eigenvalue weighted by Crippen LogP contribution is -2.09. The summed E-state index contributed by atoms with van der Waals surface area (Å²) < 4.78 is 17.8. The van der Waals surface area contributed by atoms with E-state index in [1.807, 2.05) is 0 Å². The van der Waals surface area contributed by atoms with Crippen LogP contribution in [0.4, 0.5) is 4.39 Å². The Morgan fingerprint density at radius 1 is 1.54 bits per heavy atom. The molecule has 1 aromatic heterocycles. The normalized spacial score (nSPS) is 10.5. The monoisotopic (exact) mass is 196 g/mol. The third kappa shape index (κ3) is 1.38. The largest absolute Gasteiger partial charge is 0.434 e. The molecule has 2 aromatic rings. The van der Waals surface area contributed by atoms with Gasteiger partial charge in [-0.05, 0) is 12.1 Å². The summed E-state index contributed by atoms with van der Waals surface area (Å²) in [5.74, 6) is -0.214. The second-order valence-electron chi connectivity index (χ2n) is 2.50. The van der Waals surface area contributed by atoms with Gasteiger partial charge in [-0.2, -0.15) is 0 Å². The van der Waals surface area contributed by atoms with E-state index in [-0.39, 0.29) is 16.7 Å². The van der Waals surface area contributed by atoms with E-state index in [0.717, 1.165) is 0 Å². The van der Waals surface area contributed by atoms with Crippen LogP contribution in [0.25, 0.3) is 11.1 Å². The van der Waals surface area contributed by atoms with E-state index in [1.54, 1.807) is 0 Å². The number of benzene rings is 1. The Labute approximate surface area is 78.4 Å². The molecule has 2 rings (SSSR count). The van der Waals surface area contributed by atoms with Crippen LogP contribution in [0.2, 0.25) is 0 Å². The third-order valence-electron chi connectivity index (χ3n) is 1.56. The SMILES string of the molecule is NC(=S)c1nc2ccc(F)cc2o1. The van der Waals surface area contributed by atoms with Gasteiger partial charge in [0.05, 0.1) is 0 Å². The molecule has 1 aromatic carbocycles. The number of oxazole rings is 1. The Morgan fingerprint density at radius 3 is 3.00 bits per heavy atom. The topological polar surface area (TPSA) is 52.0 Å². The molecule has 66 valence electrons. The first-order chi connectivity index (χ1) is 6.16. The van der Waals surface area contributed by atoms with Gasteiger partial charge in [-0.25, -0.2) is 9.37 Å². The molecular formula is C8H5FN2OS. The fraction of sp³-hybridized carbons (Fsp3) is 0. The zero-order chi connectivity index (χ0) is 9.42. The van der Waals surface area contributed by atoms with Gasteiger partial charge >= 0.3 is 0 Å². The van der Waals surface area contributed by atoms with Gasteiger partial charge in [-0.15, -0.1) is 0 Å². The van der Waals surface area contributed by atoms with Gasteiger partial charge in [-0.3, -0.25) is 0 Å². The van der Waals surface area contributed by atoms with Gasteiger partial charge in [0.15, 0.2) is 10.6 Å². The van der Waals surface area contributed by atoms with Crippen molar-refractivity contribution in [1.82, 2.24) is 4.98 Å². The van der Waals surface area contributed by atoms with Crippen LogP contribution in [-0.4, -0.2) is 9.97 Å². The summed E-state index contributed by atoms with van der Waals surface area (Å²) in [5.41, 5.74) is 6.19. The molecule has 0 aliphatic rings. The van der Waals surface area contributed by atoms with E-state index in [1.165, 1.54) is 18.2 Å². The number of rotatable bonds is 1. The molecular weight excluding hydrogens is 191 g/mol. The van der Waals surface area contributed by atoms with Gasteiger partial charge in [-0.1, -0.05) is 12.2 Å². The number of nitrogens with two attached hydrogens (primary N) is 1. The second-order valence-corrected chi connectivity index (χ2v) is 2.94. The van der Waals surface area contributed by atoms with Crippen LogP contribution in [-0.2, 0) is 0 Å². The lowest BCUT2D eigenvalue weighted by Gasteiger charge is -1.85. The van der Waals surface area contributed by atoms with Crippen LogP contribution in [0.15, 0.2) is 22.6 Å². The third-order valence-corrected chi connectivity index (χ3v) is 1.74. The van der Waals surface area contributed by atoms with Crippen molar-refractivity contribution >= 4 is 28.3 Å². The van der Waals surface area contributed by atoms with E-state index in [9.17, 15) is 4.39 Å². The number of thiocarbonyl (C=S) groups is 1. The highest BCUT2D eigenvalue weighted by molar-refractivity contribution is 7.80. The van der Waals surface area contributed by atoms with Gasteiger partial charge in [0.2, 0.25) is 0 Å². The minimum atomic E-state index is -0.377. The Bertz CT molecular complexity index is 480. The zero-order valence-corrected chi connectivity index (χ0v) is 7.27. The molecule has 0 bridgehead atoms. The van der Waals surface area contributed by atoms with Crippen LogP contribution in [0.5, 0.6) is 0 Å². The van der Waals surface area contributed by atoms with Crippen LogP contribution < -0.4 is 5.73 Å². The van der Waals surface area contributed by atoms with Gasteiger partial charge in [0.25, 0.3) is 5.89 Å². The summed E-state index contributed by atoms with van der Waals surface area (Å²) in [6, 6.07) is 4.05. The van der Waals surface area contributed by atoms with Gasteiger partial charge in [0, 0.05) is 6.07 Å². The van der Waals surface area contributed by atoms with Gasteiger partial charge in [0.1, 0.15) is 11.3 Å². The summed E-state index contributed by atoms with van der Waals surface area (Å²) in [6.07, 6.45) is 0. The predicted molar refractivity (Wildman–Crippen MR) is 49.9 cm³/mol. The summed E-state index contributed by atoms with van der Waals surface area (Å²) in [5, 5.41) is 0. The maximum Gasteiger partial charge on any atom is 0.255 e. The number of aromatic nitrogens is 1. The minimum Gasteiger partial charge on any atom is -0.434 e. The van der Waals surface area contributed by atoms with Crippen LogP contribution >= 0.6 is 12.2 Å². The van der Waals surface area contributed by atoms with E-state index in [4.69, 9.17) is 10.2 Å². The zero-order valence-electron chi connectivity index (χ0n) is 6.45. The second kappa shape index (κ2) is 2.77. The van der Waals surface area contributed by atoms with E-state index < -0.39 is 0 Å². The summed E-state index contributed by atoms with van der Waals surface area (Å²) in [6.45, 7) is 0. The summed E-state index contributed by atoms with van der Waals surface area (Å²) in [4.78, 5) is 4.02. The Balaban J connectivity index is 2.68. The average Bonchev–Trinajstić information content (AvgIpc) is 2.46. The Hall–Kier alpha value is -1.49. The standard InChI is InChI=1S/C8H5FN2OS/c9-4-1-2-5-6(3-4)12-8(11-5)7(10)13/h1-3H,(H2,10,13). The van der Waals surface area contributed by atoms with Crippen molar-refractivity contribution in [2.45, 2.75) is 0 Å². The molecule has 0 saturated heterocycles. The highest BCUT2D eigenvalue weighted by Crippen LogP contribution is 2.16. The van der Waals surface area contributed by atoms with Gasteiger partial charge < -0.3 is 10.2 Å². The lowest BCUT2D eigenvalue weighted by molar-refractivity contribution is 0.582. The molecule has 0 atom stereocenters. The maximum absolute atomic E-state index is 12.7. The molecule has 0 aliphatic heterocycles. The molecule has 3 nitrogen and oxygen atoms in total.